The molecule has 2 aromatic rings. The van der Waals surface area contributed by atoms with Gasteiger partial charge < -0.3 is 34.9 Å². The molecule has 9 nitrogen and oxygen atoms in total. The minimum absolute atomic E-state index is 0.216. The van der Waals surface area contributed by atoms with Gasteiger partial charge in [0, 0.05) is 37.4 Å². The van der Waals surface area contributed by atoms with E-state index in [2.05, 4.69) is 22.5 Å². The zero-order valence-electron chi connectivity index (χ0n) is 19.5. The number of rotatable bonds is 10. The fraction of sp³-hybridized carbons (Fsp3) is 0.583. The Morgan fingerprint density at radius 2 is 2.06 bits per heavy atom. The third kappa shape index (κ3) is 6.11. The second-order valence-corrected chi connectivity index (χ2v) is 8.41. The van der Waals surface area contributed by atoms with Gasteiger partial charge in [0.25, 0.3) is 0 Å². The minimum Gasteiger partial charge on any atom is -0.491 e. The number of benzene rings is 1. The van der Waals surface area contributed by atoms with E-state index in [1.54, 1.807) is 7.05 Å². The number of anilines is 2. The molecule has 1 aromatic carbocycles. The summed E-state index contributed by atoms with van der Waals surface area (Å²) < 4.78 is 16.9. The molecule has 3 heterocycles. The highest BCUT2D eigenvalue weighted by Crippen LogP contribution is 2.31. The summed E-state index contributed by atoms with van der Waals surface area (Å²) in [6, 6.07) is 7.98. The Labute approximate surface area is 195 Å². The van der Waals surface area contributed by atoms with Crippen LogP contribution in [0.3, 0.4) is 0 Å². The molecule has 1 aromatic heterocycles. The molecular formula is C24H35N5O4. The zero-order chi connectivity index (χ0) is 23.0. The van der Waals surface area contributed by atoms with Gasteiger partial charge in [-0.25, -0.2) is 9.97 Å². The predicted octanol–water partition coefficient (Wildman–Crippen LogP) is 1.70. The third-order valence-corrected chi connectivity index (χ3v) is 5.89. The number of aromatic nitrogens is 2. The van der Waals surface area contributed by atoms with Crippen molar-refractivity contribution in [1.82, 2.24) is 15.3 Å². The summed E-state index contributed by atoms with van der Waals surface area (Å²) in [4.78, 5) is 12.2. The second kappa shape index (κ2) is 11.6. The van der Waals surface area contributed by atoms with Gasteiger partial charge in [0.05, 0.1) is 25.9 Å². The van der Waals surface area contributed by atoms with E-state index in [0.717, 1.165) is 55.3 Å². The summed E-state index contributed by atoms with van der Waals surface area (Å²) in [6.07, 6.45) is 1.22. The van der Waals surface area contributed by atoms with Gasteiger partial charge >= 0.3 is 0 Å². The first-order chi connectivity index (χ1) is 16.2. The van der Waals surface area contributed by atoms with E-state index in [1.165, 1.54) is 0 Å². The summed E-state index contributed by atoms with van der Waals surface area (Å²) in [5.41, 5.74) is 1.99. The monoisotopic (exact) mass is 457 g/mol. The largest absolute Gasteiger partial charge is 0.491 e. The van der Waals surface area contributed by atoms with Crippen LogP contribution in [0.4, 0.5) is 11.6 Å². The quantitative estimate of drug-likeness (QED) is 0.492. The molecule has 9 heteroatoms. The number of nitrogens with one attached hydrogen (secondary N) is 2. The van der Waals surface area contributed by atoms with Crippen molar-refractivity contribution >= 4 is 11.6 Å². The number of ether oxygens (including phenoxy) is 3. The number of aliphatic hydroxyl groups is 1. The molecule has 2 saturated heterocycles. The van der Waals surface area contributed by atoms with Crippen LogP contribution in [-0.4, -0.2) is 86.9 Å². The van der Waals surface area contributed by atoms with Gasteiger partial charge in [-0.1, -0.05) is 19.1 Å². The lowest BCUT2D eigenvalue weighted by Gasteiger charge is -2.30. The van der Waals surface area contributed by atoms with Crippen LogP contribution in [0, 0.1) is 0 Å². The standard InChI is InChI=1S/C24H35N5O4/c1-3-21-23(26-18-7-10-32-15-18)27-22(28-24(21)29-8-11-31-12-9-29)17-5-4-6-20(13-17)33-16-19(30)14-25-2/h4-6,13,18-19,25,30H,3,7-12,14-16H2,1-2H3,(H,26,27,28)/t18-,19?/m1/s1. The number of hydrogen-bond acceptors (Lipinski definition) is 9. The molecule has 0 radical (unpaired) electrons. The average Bonchev–Trinajstić information content (AvgIpc) is 3.36. The maximum absolute atomic E-state index is 9.96. The van der Waals surface area contributed by atoms with E-state index in [0.29, 0.717) is 37.9 Å². The van der Waals surface area contributed by atoms with Gasteiger partial charge in [0.2, 0.25) is 0 Å². The first-order valence-corrected chi connectivity index (χ1v) is 11.8. The Balaban J connectivity index is 1.66. The molecule has 2 atom stereocenters. The van der Waals surface area contributed by atoms with Crippen molar-refractivity contribution in [2.45, 2.75) is 31.9 Å². The topological polar surface area (TPSA) is 101 Å². The number of likely N-dealkylation sites (N-methyl/N-ethyl adjacent to an activating group) is 1. The van der Waals surface area contributed by atoms with Crippen LogP contribution >= 0.6 is 0 Å². The normalized spacial score (nSPS) is 19.5. The van der Waals surface area contributed by atoms with Crippen LogP contribution in [0.2, 0.25) is 0 Å². The predicted molar refractivity (Wildman–Crippen MR) is 128 cm³/mol. The molecule has 1 unspecified atom stereocenters. The van der Waals surface area contributed by atoms with E-state index < -0.39 is 6.10 Å². The first-order valence-electron chi connectivity index (χ1n) is 11.8. The third-order valence-electron chi connectivity index (χ3n) is 5.89. The van der Waals surface area contributed by atoms with Crippen LogP contribution in [0.1, 0.15) is 18.9 Å². The Kier molecular flexibility index (Phi) is 8.33. The highest BCUT2D eigenvalue weighted by atomic mass is 16.5. The fourth-order valence-electron chi connectivity index (χ4n) is 4.14. The highest BCUT2D eigenvalue weighted by Gasteiger charge is 2.24. The maximum Gasteiger partial charge on any atom is 0.164 e. The Hall–Kier alpha value is -2.46. The smallest absolute Gasteiger partial charge is 0.164 e. The molecule has 0 aliphatic carbocycles. The van der Waals surface area contributed by atoms with Crippen molar-refractivity contribution in [3.63, 3.8) is 0 Å². The average molecular weight is 458 g/mol. The van der Waals surface area contributed by atoms with Gasteiger partial charge in [0.15, 0.2) is 5.82 Å². The summed E-state index contributed by atoms with van der Waals surface area (Å²) >= 11 is 0. The van der Waals surface area contributed by atoms with Crippen molar-refractivity contribution in [2.24, 2.45) is 0 Å². The van der Waals surface area contributed by atoms with Crippen LogP contribution < -0.4 is 20.3 Å². The highest BCUT2D eigenvalue weighted by molar-refractivity contribution is 5.67. The molecule has 0 spiro atoms. The van der Waals surface area contributed by atoms with E-state index in [4.69, 9.17) is 24.2 Å². The molecule has 180 valence electrons. The molecule has 2 fully saturated rings. The zero-order valence-corrected chi connectivity index (χ0v) is 19.5. The van der Waals surface area contributed by atoms with Gasteiger partial charge in [-0.3, -0.25) is 0 Å². The molecule has 33 heavy (non-hydrogen) atoms. The lowest BCUT2D eigenvalue weighted by molar-refractivity contribution is 0.108. The molecule has 2 aliphatic heterocycles. The van der Waals surface area contributed by atoms with Crippen LogP contribution in [0.5, 0.6) is 5.75 Å². The Morgan fingerprint density at radius 3 is 2.79 bits per heavy atom. The maximum atomic E-state index is 9.96. The van der Waals surface area contributed by atoms with Gasteiger partial charge in [0.1, 0.15) is 30.1 Å². The van der Waals surface area contributed by atoms with E-state index in [9.17, 15) is 5.11 Å². The SMILES string of the molecule is CCc1c(N[C@@H]2CCOC2)nc(-c2cccc(OCC(O)CNC)c2)nc1N1CCOCC1. The summed E-state index contributed by atoms with van der Waals surface area (Å²) in [7, 11) is 1.80. The minimum atomic E-state index is -0.573. The number of aliphatic hydroxyl groups excluding tert-OH is 1. The number of morpholine rings is 1. The van der Waals surface area contributed by atoms with E-state index >= 15 is 0 Å². The Bertz CT molecular complexity index is 900. The molecule has 0 saturated carbocycles. The molecule has 2 aliphatic rings. The lowest BCUT2D eigenvalue weighted by atomic mass is 10.1. The van der Waals surface area contributed by atoms with Gasteiger partial charge in [-0.2, -0.15) is 0 Å². The van der Waals surface area contributed by atoms with Crippen LogP contribution in [0.25, 0.3) is 11.4 Å². The van der Waals surface area contributed by atoms with E-state index in [1.807, 2.05) is 24.3 Å². The van der Waals surface area contributed by atoms with Crippen molar-refractivity contribution in [3.8, 4) is 17.1 Å². The molecule has 3 N–H and O–H groups in total. The number of hydrogen-bond donors (Lipinski definition) is 3. The molecule has 0 amide bonds. The van der Waals surface area contributed by atoms with Crippen molar-refractivity contribution < 1.29 is 19.3 Å². The molecular weight excluding hydrogens is 422 g/mol. The van der Waals surface area contributed by atoms with Crippen molar-refractivity contribution in [1.29, 1.82) is 0 Å². The Morgan fingerprint density at radius 1 is 1.21 bits per heavy atom. The first kappa shape index (κ1) is 23.7. The summed E-state index contributed by atoms with van der Waals surface area (Å²) in [5, 5.41) is 16.5. The van der Waals surface area contributed by atoms with E-state index in [-0.39, 0.29) is 12.6 Å². The van der Waals surface area contributed by atoms with Crippen LogP contribution in [0.15, 0.2) is 24.3 Å². The molecule has 4 rings (SSSR count). The second-order valence-electron chi connectivity index (χ2n) is 8.41. The summed E-state index contributed by atoms with van der Waals surface area (Å²) in [5.74, 6) is 3.16. The summed E-state index contributed by atoms with van der Waals surface area (Å²) in [6.45, 7) is 7.30. The van der Waals surface area contributed by atoms with Gasteiger partial charge in [-0.15, -0.1) is 0 Å². The fourth-order valence-corrected chi connectivity index (χ4v) is 4.14. The molecule has 0 bridgehead atoms. The van der Waals surface area contributed by atoms with Crippen molar-refractivity contribution in [3.05, 3.63) is 29.8 Å². The van der Waals surface area contributed by atoms with Crippen molar-refractivity contribution in [2.75, 3.05) is 69.9 Å². The lowest BCUT2D eigenvalue weighted by Crippen LogP contribution is -2.38. The van der Waals surface area contributed by atoms with Crippen LogP contribution in [-0.2, 0) is 15.9 Å². The number of nitrogens with zero attached hydrogens (tertiary/aromatic N) is 3. The van der Waals surface area contributed by atoms with Gasteiger partial charge in [-0.05, 0) is 32.0 Å².